The van der Waals surface area contributed by atoms with Crippen molar-refractivity contribution in [2.75, 3.05) is 0 Å². The number of unbranched alkanes of at least 4 members (excludes halogenated alkanes) is 2. The van der Waals surface area contributed by atoms with Crippen molar-refractivity contribution in [3.63, 3.8) is 0 Å². The maximum Gasteiger partial charge on any atom is 0.311 e. The number of nitrogens with zero attached hydrogens (tertiary/aromatic N) is 1. The topological polar surface area (TPSA) is 79.5 Å². The molecule has 1 aromatic heterocycles. The summed E-state index contributed by atoms with van der Waals surface area (Å²) in [6.07, 6.45) is 2.44. The van der Waals surface area contributed by atoms with Gasteiger partial charge in [0.2, 0.25) is 0 Å². The van der Waals surface area contributed by atoms with Gasteiger partial charge in [-0.25, -0.2) is 13.2 Å². The Morgan fingerprint density at radius 1 is 1.06 bits per heavy atom. The van der Waals surface area contributed by atoms with Gasteiger partial charge in [0.15, 0.2) is 23.2 Å². The van der Waals surface area contributed by atoms with Crippen LogP contribution >= 0.6 is 0 Å². The zero-order chi connectivity index (χ0) is 22.9. The molecular formula is C23H22F3NO4. The third-order valence-electron chi connectivity index (χ3n) is 5.45. The molecule has 1 atom stereocenters. The first kappa shape index (κ1) is 22.4. The van der Waals surface area contributed by atoms with Crippen LogP contribution in [0.2, 0.25) is 0 Å². The molecule has 31 heavy (non-hydrogen) atoms. The van der Waals surface area contributed by atoms with Crippen molar-refractivity contribution >= 4 is 22.8 Å². The summed E-state index contributed by atoms with van der Waals surface area (Å²) >= 11 is 0. The predicted octanol–water partition coefficient (Wildman–Crippen LogP) is 5.51. The molecule has 164 valence electrons. The number of benzene rings is 2. The minimum absolute atomic E-state index is 0.0410. The molecule has 0 aliphatic heterocycles. The number of carbonyl (C=O) groups excluding carboxylic acids is 1. The summed E-state index contributed by atoms with van der Waals surface area (Å²) in [7, 11) is 0. The Morgan fingerprint density at radius 3 is 2.39 bits per heavy atom. The molecule has 0 aliphatic carbocycles. The third-order valence-corrected chi connectivity index (χ3v) is 5.45. The molecule has 0 saturated carbocycles. The molecule has 0 radical (unpaired) electrons. The average Bonchev–Trinajstić information content (AvgIpc) is 3.02. The maximum absolute atomic E-state index is 15.0. The number of hydrogen-bond acceptors (Lipinski definition) is 3. The highest BCUT2D eigenvalue weighted by molar-refractivity contribution is 6.05. The summed E-state index contributed by atoms with van der Waals surface area (Å²) in [5.41, 5.74) is 0.108. The largest absolute Gasteiger partial charge is 0.505 e. The van der Waals surface area contributed by atoms with Crippen LogP contribution < -0.4 is 0 Å². The van der Waals surface area contributed by atoms with Gasteiger partial charge in [0.1, 0.15) is 0 Å². The number of hydrogen-bond donors (Lipinski definition) is 2. The summed E-state index contributed by atoms with van der Waals surface area (Å²) in [6.45, 7) is 3.43. The molecule has 2 N–H and O–H groups in total. The van der Waals surface area contributed by atoms with E-state index in [-0.39, 0.29) is 34.1 Å². The van der Waals surface area contributed by atoms with E-state index in [1.54, 1.807) is 0 Å². The summed E-state index contributed by atoms with van der Waals surface area (Å²) < 4.78 is 43.0. The van der Waals surface area contributed by atoms with E-state index < -0.39 is 41.0 Å². The Morgan fingerprint density at radius 2 is 1.77 bits per heavy atom. The van der Waals surface area contributed by atoms with E-state index in [2.05, 4.69) is 0 Å². The fourth-order valence-corrected chi connectivity index (χ4v) is 3.92. The van der Waals surface area contributed by atoms with Gasteiger partial charge < -0.3 is 10.2 Å². The number of fused-ring (bicyclic) bond motifs is 1. The van der Waals surface area contributed by atoms with Crippen LogP contribution in [0.1, 0.15) is 60.1 Å². The minimum Gasteiger partial charge on any atom is -0.505 e. The number of phenolic OH excluding ortho intramolecular Hbond substituents is 1. The molecule has 0 saturated heterocycles. The number of carbonyl (C=O) groups is 2. The predicted molar refractivity (Wildman–Crippen MR) is 109 cm³/mol. The first-order valence-electron chi connectivity index (χ1n) is 9.93. The summed E-state index contributed by atoms with van der Waals surface area (Å²) in [6, 6.07) is 4.99. The van der Waals surface area contributed by atoms with Crippen molar-refractivity contribution in [3.05, 3.63) is 64.6 Å². The highest BCUT2D eigenvalue weighted by Gasteiger charge is 2.31. The van der Waals surface area contributed by atoms with Gasteiger partial charge >= 0.3 is 5.97 Å². The van der Waals surface area contributed by atoms with Gasteiger partial charge in [-0.1, -0.05) is 26.2 Å². The number of phenols is 1. The van der Waals surface area contributed by atoms with Gasteiger partial charge in [0, 0.05) is 16.6 Å². The van der Waals surface area contributed by atoms with Gasteiger partial charge in [-0.15, -0.1) is 0 Å². The Balaban J connectivity index is 2.27. The molecule has 3 rings (SSSR count). The second-order valence-electron chi connectivity index (χ2n) is 7.45. The van der Waals surface area contributed by atoms with E-state index in [4.69, 9.17) is 0 Å². The number of aromatic hydroxyl groups is 1. The van der Waals surface area contributed by atoms with E-state index in [1.165, 1.54) is 13.0 Å². The summed E-state index contributed by atoms with van der Waals surface area (Å²) in [4.78, 5) is 25.2. The molecule has 5 nitrogen and oxygen atoms in total. The lowest BCUT2D eigenvalue weighted by atomic mass is 9.90. The lowest BCUT2D eigenvalue weighted by molar-refractivity contribution is -0.139. The Bertz CT molecular complexity index is 1170. The zero-order valence-electron chi connectivity index (χ0n) is 17.1. The summed E-state index contributed by atoms with van der Waals surface area (Å²) in [5, 5.41) is 19.6. The molecule has 0 amide bonds. The molecule has 1 heterocycles. The van der Waals surface area contributed by atoms with Crippen molar-refractivity contribution in [3.8, 4) is 5.75 Å². The Labute approximate surface area is 176 Å². The fourth-order valence-electron chi connectivity index (χ4n) is 3.92. The first-order chi connectivity index (χ1) is 14.7. The van der Waals surface area contributed by atoms with Crippen LogP contribution in [0.5, 0.6) is 5.75 Å². The van der Waals surface area contributed by atoms with Crippen LogP contribution in [0.4, 0.5) is 13.2 Å². The number of rotatable bonds is 7. The Kier molecular flexibility index (Phi) is 6.38. The first-order valence-corrected chi connectivity index (χ1v) is 9.93. The smallest absolute Gasteiger partial charge is 0.311 e. The van der Waals surface area contributed by atoms with Crippen molar-refractivity contribution < 1.29 is 33.0 Å². The van der Waals surface area contributed by atoms with E-state index in [1.807, 2.05) is 6.92 Å². The number of halogens is 3. The van der Waals surface area contributed by atoms with Crippen molar-refractivity contribution in [2.45, 2.75) is 45.4 Å². The second kappa shape index (κ2) is 8.83. The number of carboxylic acids is 1. The lowest BCUT2D eigenvalue weighted by Crippen LogP contribution is -2.16. The van der Waals surface area contributed by atoms with Crippen LogP contribution in [0.15, 0.2) is 30.3 Å². The summed E-state index contributed by atoms with van der Waals surface area (Å²) in [5.74, 6) is -7.10. The van der Waals surface area contributed by atoms with E-state index >= 15 is 0 Å². The standard InChI is InChI=1S/C23H22F3NO4/c1-3-4-5-6-14(23(30)31)19-12(2)27(17-9-10-18(28)21(26)20(17)19)22(29)13-7-8-15(24)16(25)11-13/h7-11,14,28H,3-6H2,1-2H3,(H,30,31)/t14-/m0/s1. The van der Waals surface area contributed by atoms with Gasteiger partial charge in [0.25, 0.3) is 5.91 Å². The van der Waals surface area contributed by atoms with Gasteiger partial charge in [-0.3, -0.25) is 14.2 Å². The fraction of sp³-hybridized carbons (Fsp3) is 0.304. The van der Waals surface area contributed by atoms with E-state index in [0.717, 1.165) is 41.7 Å². The zero-order valence-corrected chi connectivity index (χ0v) is 17.1. The van der Waals surface area contributed by atoms with E-state index in [9.17, 15) is 33.0 Å². The van der Waals surface area contributed by atoms with Crippen molar-refractivity contribution in [1.29, 1.82) is 0 Å². The molecule has 8 heteroatoms. The SMILES string of the molecule is CCCCC[C@H](C(=O)O)c1c(C)n(C(=O)c2ccc(F)c(F)c2)c2ccc(O)c(F)c12. The monoisotopic (exact) mass is 433 g/mol. The average molecular weight is 433 g/mol. The van der Waals surface area contributed by atoms with Gasteiger partial charge in [0.05, 0.1) is 11.4 Å². The minimum atomic E-state index is -1.22. The molecule has 2 aromatic carbocycles. The van der Waals surface area contributed by atoms with E-state index in [0.29, 0.717) is 6.42 Å². The molecule has 0 fully saturated rings. The van der Waals surface area contributed by atoms with Crippen LogP contribution in [-0.4, -0.2) is 26.7 Å². The molecule has 0 unspecified atom stereocenters. The number of aliphatic carboxylic acids is 1. The Hall–Kier alpha value is -3.29. The highest BCUT2D eigenvalue weighted by Crippen LogP contribution is 2.39. The molecule has 0 bridgehead atoms. The normalized spacial score (nSPS) is 12.3. The third kappa shape index (κ3) is 4.02. The molecule has 0 aliphatic rings. The van der Waals surface area contributed by atoms with Crippen LogP contribution in [0.25, 0.3) is 10.9 Å². The number of carboxylic acid groups (broad SMARTS) is 1. The van der Waals surface area contributed by atoms with Crippen molar-refractivity contribution in [2.24, 2.45) is 0 Å². The maximum atomic E-state index is 15.0. The van der Waals surface area contributed by atoms with Gasteiger partial charge in [-0.05, 0) is 49.2 Å². The molecular weight excluding hydrogens is 411 g/mol. The van der Waals surface area contributed by atoms with Crippen molar-refractivity contribution in [1.82, 2.24) is 4.57 Å². The molecule has 3 aromatic rings. The quantitative estimate of drug-likeness (QED) is 0.482. The van der Waals surface area contributed by atoms with Crippen LogP contribution in [0.3, 0.4) is 0 Å². The van der Waals surface area contributed by atoms with Gasteiger partial charge in [-0.2, -0.15) is 0 Å². The lowest BCUT2D eigenvalue weighted by Gasteiger charge is -2.14. The number of aromatic nitrogens is 1. The molecule has 0 spiro atoms. The van der Waals surface area contributed by atoms with Crippen LogP contribution in [-0.2, 0) is 4.79 Å². The highest BCUT2D eigenvalue weighted by atomic mass is 19.2. The van der Waals surface area contributed by atoms with Crippen LogP contribution in [0, 0.1) is 24.4 Å². The second-order valence-corrected chi connectivity index (χ2v) is 7.45.